The Morgan fingerprint density at radius 2 is 2.28 bits per heavy atom. The van der Waals surface area contributed by atoms with Crippen LogP contribution in [0.25, 0.3) is 0 Å². The van der Waals surface area contributed by atoms with Crippen molar-refractivity contribution in [1.82, 2.24) is 9.80 Å². The smallest absolute Gasteiger partial charge is 0.239 e. The number of likely N-dealkylation sites (N-methyl/N-ethyl adjacent to an activating group) is 1. The molecule has 18 heavy (non-hydrogen) atoms. The van der Waals surface area contributed by atoms with Crippen molar-refractivity contribution in [1.29, 1.82) is 0 Å². The molecule has 0 N–H and O–H groups in total. The normalized spacial score (nSPS) is 20.2. The van der Waals surface area contributed by atoms with E-state index in [9.17, 15) is 4.79 Å². The molecule has 1 aromatic heterocycles. The van der Waals surface area contributed by atoms with Gasteiger partial charge >= 0.3 is 0 Å². The minimum atomic E-state index is 0.102. The van der Waals surface area contributed by atoms with E-state index in [0.29, 0.717) is 5.91 Å². The second kappa shape index (κ2) is 6.34. The van der Waals surface area contributed by atoms with Gasteiger partial charge in [-0.3, -0.25) is 9.69 Å². The van der Waals surface area contributed by atoms with Gasteiger partial charge in [-0.15, -0.1) is 0 Å². The lowest BCUT2D eigenvalue weighted by molar-refractivity contribution is -0.135. The van der Waals surface area contributed by atoms with Crippen LogP contribution in [0.4, 0.5) is 0 Å². The van der Waals surface area contributed by atoms with Gasteiger partial charge in [0.1, 0.15) is 0 Å². The molecular formula is C14H22N2OS. The van der Waals surface area contributed by atoms with Gasteiger partial charge in [-0.2, -0.15) is 11.3 Å². The summed E-state index contributed by atoms with van der Waals surface area (Å²) < 4.78 is 0. The van der Waals surface area contributed by atoms with Crippen LogP contribution < -0.4 is 0 Å². The van der Waals surface area contributed by atoms with Gasteiger partial charge in [0.15, 0.2) is 0 Å². The topological polar surface area (TPSA) is 23.6 Å². The molecule has 1 amide bonds. The maximum atomic E-state index is 12.4. The average molecular weight is 266 g/mol. The maximum Gasteiger partial charge on any atom is 0.239 e. The molecule has 1 fully saturated rings. The van der Waals surface area contributed by atoms with Gasteiger partial charge < -0.3 is 4.90 Å². The molecule has 4 heteroatoms. The van der Waals surface area contributed by atoms with Crippen LogP contribution in [0.15, 0.2) is 16.8 Å². The van der Waals surface area contributed by atoms with E-state index in [-0.39, 0.29) is 6.04 Å². The lowest BCUT2D eigenvalue weighted by Gasteiger charge is -2.28. The molecule has 1 atom stereocenters. The highest BCUT2D eigenvalue weighted by Crippen LogP contribution is 2.22. The number of hydrogen-bond acceptors (Lipinski definition) is 3. The first-order valence-electron chi connectivity index (χ1n) is 6.80. The van der Waals surface area contributed by atoms with E-state index in [1.165, 1.54) is 5.56 Å². The highest BCUT2D eigenvalue weighted by Gasteiger charge is 2.32. The zero-order chi connectivity index (χ0) is 13.0. The van der Waals surface area contributed by atoms with Crippen LogP contribution in [-0.2, 0) is 11.3 Å². The van der Waals surface area contributed by atoms with Gasteiger partial charge in [0.2, 0.25) is 5.91 Å². The van der Waals surface area contributed by atoms with Crippen LogP contribution >= 0.6 is 11.3 Å². The van der Waals surface area contributed by atoms with Crippen LogP contribution in [0.3, 0.4) is 0 Å². The molecule has 1 aliphatic rings. The van der Waals surface area contributed by atoms with Crippen molar-refractivity contribution in [3.8, 4) is 0 Å². The number of rotatable bonds is 5. The Kier molecular flexibility index (Phi) is 4.78. The van der Waals surface area contributed by atoms with Crippen molar-refractivity contribution in [3.05, 3.63) is 22.4 Å². The van der Waals surface area contributed by atoms with Gasteiger partial charge in [0, 0.05) is 19.6 Å². The Morgan fingerprint density at radius 1 is 1.50 bits per heavy atom. The van der Waals surface area contributed by atoms with Gasteiger partial charge in [0.05, 0.1) is 6.04 Å². The van der Waals surface area contributed by atoms with Crippen molar-refractivity contribution in [2.24, 2.45) is 0 Å². The van der Waals surface area contributed by atoms with Crippen molar-refractivity contribution >= 4 is 17.2 Å². The SMILES string of the molecule is CCN(CC)C(=O)[C@H]1CCCN1Cc1ccsc1. The van der Waals surface area contributed by atoms with E-state index in [0.717, 1.165) is 39.0 Å². The Labute approximate surface area is 113 Å². The summed E-state index contributed by atoms with van der Waals surface area (Å²) in [4.78, 5) is 16.7. The molecule has 2 rings (SSSR count). The Balaban J connectivity index is 2.00. The quantitative estimate of drug-likeness (QED) is 0.818. The average Bonchev–Trinajstić information content (AvgIpc) is 3.02. The zero-order valence-corrected chi connectivity index (χ0v) is 12.1. The third kappa shape index (κ3) is 2.93. The number of thiophene rings is 1. The van der Waals surface area contributed by atoms with Crippen LogP contribution in [0.2, 0.25) is 0 Å². The molecule has 0 radical (unpaired) electrons. The molecule has 0 spiro atoms. The lowest BCUT2D eigenvalue weighted by atomic mass is 10.2. The third-order valence-electron chi connectivity index (χ3n) is 3.69. The second-order valence-corrected chi connectivity index (χ2v) is 5.55. The number of amides is 1. The molecule has 2 heterocycles. The minimum Gasteiger partial charge on any atom is -0.342 e. The molecular weight excluding hydrogens is 244 g/mol. The molecule has 1 saturated heterocycles. The van der Waals surface area contributed by atoms with Crippen molar-refractivity contribution in [3.63, 3.8) is 0 Å². The van der Waals surface area contributed by atoms with E-state index in [2.05, 4.69) is 35.6 Å². The molecule has 3 nitrogen and oxygen atoms in total. The summed E-state index contributed by atoms with van der Waals surface area (Å²) in [5.41, 5.74) is 1.33. The molecule has 1 aliphatic heterocycles. The monoisotopic (exact) mass is 266 g/mol. The van der Waals surface area contributed by atoms with Crippen molar-refractivity contribution in [2.75, 3.05) is 19.6 Å². The van der Waals surface area contributed by atoms with E-state index in [4.69, 9.17) is 0 Å². The van der Waals surface area contributed by atoms with Crippen molar-refractivity contribution < 1.29 is 4.79 Å². The first kappa shape index (κ1) is 13.6. The number of nitrogens with zero attached hydrogens (tertiary/aromatic N) is 2. The lowest BCUT2D eigenvalue weighted by Crippen LogP contribution is -2.45. The zero-order valence-electron chi connectivity index (χ0n) is 11.3. The Hall–Kier alpha value is -0.870. The Morgan fingerprint density at radius 3 is 2.89 bits per heavy atom. The van der Waals surface area contributed by atoms with Gasteiger partial charge in [-0.05, 0) is 55.6 Å². The molecule has 0 saturated carbocycles. The number of hydrogen-bond donors (Lipinski definition) is 0. The standard InChI is InChI=1S/C14H22N2OS/c1-3-15(4-2)14(17)13-6-5-8-16(13)10-12-7-9-18-11-12/h7,9,11,13H,3-6,8,10H2,1-2H3/t13-/m1/s1. The number of carbonyl (C=O) groups is 1. The highest BCUT2D eigenvalue weighted by atomic mass is 32.1. The highest BCUT2D eigenvalue weighted by molar-refractivity contribution is 7.07. The van der Waals surface area contributed by atoms with E-state index in [1.807, 2.05) is 4.90 Å². The van der Waals surface area contributed by atoms with Gasteiger partial charge in [0.25, 0.3) is 0 Å². The summed E-state index contributed by atoms with van der Waals surface area (Å²) in [6, 6.07) is 2.26. The number of carbonyl (C=O) groups excluding carboxylic acids is 1. The molecule has 0 unspecified atom stereocenters. The molecule has 100 valence electrons. The third-order valence-corrected chi connectivity index (χ3v) is 4.42. The summed E-state index contributed by atoms with van der Waals surface area (Å²) in [6.45, 7) is 7.71. The van der Waals surface area contributed by atoms with E-state index < -0.39 is 0 Å². The summed E-state index contributed by atoms with van der Waals surface area (Å²) in [7, 11) is 0. The maximum absolute atomic E-state index is 12.4. The van der Waals surface area contributed by atoms with Crippen LogP contribution in [0, 0.1) is 0 Å². The fourth-order valence-electron chi connectivity index (χ4n) is 2.66. The molecule has 1 aromatic rings. The van der Waals surface area contributed by atoms with E-state index >= 15 is 0 Å². The number of likely N-dealkylation sites (tertiary alicyclic amines) is 1. The minimum absolute atomic E-state index is 0.102. The summed E-state index contributed by atoms with van der Waals surface area (Å²) >= 11 is 1.73. The molecule has 0 bridgehead atoms. The predicted molar refractivity (Wildman–Crippen MR) is 75.7 cm³/mol. The first-order chi connectivity index (χ1) is 8.76. The summed E-state index contributed by atoms with van der Waals surface area (Å²) in [6.07, 6.45) is 2.15. The fraction of sp³-hybridized carbons (Fsp3) is 0.643. The fourth-order valence-corrected chi connectivity index (χ4v) is 3.32. The summed E-state index contributed by atoms with van der Waals surface area (Å²) in [5.74, 6) is 0.313. The predicted octanol–water partition coefficient (Wildman–Crippen LogP) is 2.58. The van der Waals surface area contributed by atoms with Crippen LogP contribution in [0.5, 0.6) is 0 Å². The second-order valence-electron chi connectivity index (χ2n) is 4.77. The summed E-state index contributed by atoms with van der Waals surface area (Å²) in [5, 5.41) is 4.28. The van der Waals surface area contributed by atoms with E-state index in [1.54, 1.807) is 11.3 Å². The van der Waals surface area contributed by atoms with Gasteiger partial charge in [-0.1, -0.05) is 0 Å². The van der Waals surface area contributed by atoms with Crippen LogP contribution in [-0.4, -0.2) is 41.4 Å². The molecule has 0 aliphatic carbocycles. The van der Waals surface area contributed by atoms with Crippen molar-refractivity contribution in [2.45, 2.75) is 39.3 Å². The molecule has 0 aromatic carbocycles. The largest absolute Gasteiger partial charge is 0.342 e. The van der Waals surface area contributed by atoms with Gasteiger partial charge in [-0.25, -0.2) is 0 Å². The van der Waals surface area contributed by atoms with Crippen LogP contribution in [0.1, 0.15) is 32.3 Å². The first-order valence-corrected chi connectivity index (χ1v) is 7.74. The Bertz CT molecular complexity index is 373.